The minimum Gasteiger partial charge on any atom is -0.352 e. The van der Waals surface area contributed by atoms with E-state index in [1.54, 1.807) is 13.8 Å². The number of nitrogens with one attached hydrogen (secondary N) is 2. The van der Waals surface area contributed by atoms with Crippen molar-refractivity contribution in [1.29, 1.82) is 0 Å². The Morgan fingerprint density at radius 1 is 1.14 bits per heavy atom. The van der Waals surface area contributed by atoms with Gasteiger partial charge in [-0.2, -0.15) is 0 Å². The molecule has 7 heteroatoms. The molecule has 2 rings (SSSR count). The first-order chi connectivity index (χ1) is 13.5. The third-order valence-corrected chi connectivity index (χ3v) is 7.47. The van der Waals surface area contributed by atoms with Gasteiger partial charge in [0.2, 0.25) is 10.0 Å². The molecule has 1 amide bonds. The number of rotatable bonds is 8. The summed E-state index contributed by atoms with van der Waals surface area (Å²) >= 11 is 0. The standard InChI is InChI=1S/C22H37N3O3S/c1-17(2)29(27,28)24-12-15-25-13-10-18(11-14-25)16-23-21(26)19-6-8-20(9-7-19)22(3,4)5/h6-9,17-18,24H,10-16H2,1-5H3,(H,23,26). The van der Waals surface area contributed by atoms with E-state index in [4.69, 9.17) is 0 Å². The second-order valence-electron chi connectivity index (χ2n) is 9.31. The van der Waals surface area contributed by atoms with E-state index in [9.17, 15) is 13.2 Å². The van der Waals surface area contributed by atoms with Crippen LogP contribution in [0.4, 0.5) is 0 Å². The van der Waals surface area contributed by atoms with E-state index in [-0.39, 0.29) is 11.3 Å². The van der Waals surface area contributed by atoms with Crippen LogP contribution >= 0.6 is 0 Å². The number of hydrogen-bond acceptors (Lipinski definition) is 4. The number of likely N-dealkylation sites (tertiary alicyclic amines) is 1. The molecule has 0 unspecified atom stereocenters. The molecule has 0 atom stereocenters. The third kappa shape index (κ3) is 7.39. The molecule has 1 aromatic rings. The lowest BCUT2D eigenvalue weighted by Gasteiger charge is -2.32. The highest BCUT2D eigenvalue weighted by Gasteiger charge is 2.21. The first-order valence-electron chi connectivity index (χ1n) is 10.6. The van der Waals surface area contributed by atoms with Crippen molar-refractivity contribution >= 4 is 15.9 Å². The van der Waals surface area contributed by atoms with Gasteiger partial charge in [0.15, 0.2) is 0 Å². The van der Waals surface area contributed by atoms with Crippen LogP contribution in [0.1, 0.15) is 63.4 Å². The van der Waals surface area contributed by atoms with Crippen molar-refractivity contribution in [3.63, 3.8) is 0 Å². The van der Waals surface area contributed by atoms with E-state index >= 15 is 0 Å². The van der Waals surface area contributed by atoms with Crippen LogP contribution in [0.3, 0.4) is 0 Å². The lowest BCUT2D eigenvalue weighted by atomic mass is 9.86. The first kappa shape index (κ1) is 23.8. The molecular formula is C22H37N3O3S. The molecule has 6 nitrogen and oxygen atoms in total. The van der Waals surface area contributed by atoms with Gasteiger partial charge in [0.05, 0.1) is 5.25 Å². The predicted molar refractivity (Wildman–Crippen MR) is 119 cm³/mol. The lowest BCUT2D eigenvalue weighted by molar-refractivity contribution is 0.0936. The number of carbonyl (C=O) groups is 1. The van der Waals surface area contributed by atoms with Gasteiger partial charge in [0.25, 0.3) is 5.91 Å². The molecule has 1 aromatic carbocycles. The summed E-state index contributed by atoms with van der Waals surface area (Å²) in [5, 5.41) is 2.67. The largest absolute Gasteiger partial charge is 0.352 e. The maximum atomic E-state index is 12.4. The average molecular weight is 424 g/mol. The minimum absolute atomic E-state index is 0.0176. The molecule has 0 saturated carbocycles. The van der Waals surface area contributed by atoms with E-state index < -0.39 is 15.3 Å². The zero-order valence-electron chi connectivity index (χ0n) is 18.5. The van der Waals surface area contributed by atoms with Crippen molar-refractivity contribution in [2.24, 2.45) is 5.92 Å². The molecule has 1 aliphatic heterocycles. The van der Waals surface area contributed by atoms with Gasteiger partial charge < -0.3 is 10.2 Å². The monoisotopic (exact) mass is 423 g/mol. The molecule has 1 heterocycles. The zero-order valence-corrected chi connectivity index (χ0v) is 19.3. The second-order valence-corrected chi connectivity index (χ2v) is 11.6. The van der Waals surface area contributed by atoms with Gasteiger partial charge in [0, 0.05) is 25.2 Å². The highest BCUT2D eigenvalue weighted by Crippen LogP contribution is 2.22. The molecule has 164 valence electrons. The Kier molecular flexibility index (Phi) is 8.26. The third-order valence-electron chi connectivity index (χ3n) is 5.62. The minimum atomic E-state index is -3.19. The molecule has 1 saturated heterocycles. The number of nitrogens with zero attached hydrogens (tertiary/aromatic N) is 1. The van der Waals surface area contributed by atoms with Crippen molar-refractivity contribution in [3.8, 4) is 0 Å². The Hall–Kier alpha value is -1.44. The highest BCUT2D eigenvalue weighted by molar-refractivity contribution is 7.90. The fourth-order valence-electron chi connectivity index (χ4n) is 3.39. The number of sulfonamides is 1. The summed E-state index contributed by atoms with van der Waals surface area (Å²) in [5.74, 6) is 0.451. The number of piperidine rings is 1. The van der Waals surface area contributed by atoms with Crippen molar-refractivity contribution in [2.75, 3.05) is 32.7 Å². The Morgan fingerprint density at radius 3 is 2.24 bits per heavy atom. The van der Waals surface area contributed by atoms with Crippen LogP contribution in [-0.2, 0) is 15.4 Å². The van der Waals surface area contributed by atoms with Crippen LogP contribution in [0.5, 0.6) is 0 Å². The second kappa shape index (κ2) is 10.0. The first-order valence-corrected chi connectivity index (χ1v) is 12.1. The molecule has 0 aromatic heterocycles. The van der Waals surface area contributed by atoms with Crippen molar-refractivity contribution < 1.29 is 13.2 Å². The van der Waals surface area contributed by atoms with Gasteiger partial charge in [-0.15, -0.1) is 0 Å². The van der Waals surface area contributed by atoms with E-state index in [1.165, 1.54) is 5.56 Å². The molecule has 0 bridgehead atoms. The van der Waals surface area contributed by atoms with Crippen LogP contribution in [0.25, 0.3) is 0 Å². The summed E-state index contributed by atoms with van der Waals surface area (Å²) in [7, 11) is -3.19. The fourth-order valence-corrected chi connectivity index (χ4v) is 4.10. The van der Waals surface area contributed by atoms with Gasteiger partial charge in [0.1, 0.15) is 0 Å². The maximum Gasteiger partial charge on any atom is 0.251 e. The topological polar surface area (TPSA) is 78.5 Å². The van der Waals surface area contributed by atoms with Crippen molar-refractivity contribution in [3.05, 3.63) is 35.4 Å². The maximum absolute atomic E-state index is 12.4. The number of hydrogen-bond donors (Lipinski definition) is 2. The summed E-state index contributed by atoms with van der Waals surface area (Å²) in [5.41, 5.74) is 2.00. The van der Waals surface area contributed by atoms with Gasteiger partial charge in [-0.25, -0.2) is 13.1 Å². The van der Waals surface area contributed by atoms with Crippen LogP contribution < -0.4 is 10.0 Å². The molecule has 1 fully saturated rings. The fraction of sp³-hybridized carbons (Fsp3) is 0.682. The molecule has 2 N–H and O–H groups in total. The lowest BCUT2D eigenvalue weighted by Crippen LogP contribution is -2.42. The van der Waals surface area contributed by atoms with E-state index in [0.29, 0.717) is 24.6 Å². The van der Waals surface area contributed by atoms with Crippen LogP contribution in [0.2, 0.25) is 0 Å². The van der Waals surface area contributed by atoms with Crippen LogP contribution in [0.15, 0.2) is 24.3 Å². The predicted octanol–water partition coefficient (Wildman–Crippen LogP) is 2.75. The van der Waals surface area contributed by atoms with Gasteiger partial charge in [-0.05, 0) is 68.8 Å². The number of carbonyl (C=O) groups excluding carboxylic acids is 1. The normalized spacial score (nSPS) is 16.9. The Balaban J connectivity index is 1.70. The quantitative estimate of drug-likeness (QED) is 0.674. The van der Waals surface area contributed by atoms with Crippen molar-refractivity contribution in [2.45, 2.75) is 58.1 Å². The summed E-state index contributed by atoms with van der Waals surface area (Å²) < 4.78 is 26.2. The molecule has 0 aliphatic carbocycles. The molecule has 0 radical (unpaired) electrons. The van der Waals surface area contributed by atoms with Gasteiger partial charge in [-0.3, -0.25) is 4.79 Å². The van der Waals surface area contributed by atoms with E-state index in [0.717, 1.165) is 32.5 Å². The Morgan fingerprint density at radius 2 is 1.72 bits per heavy atom. The van der Waals surface area contributed by atoms with Gasteiger partial charge in [-0.1, -0.05) is 32.9 Å². The molecular weight excluding hydrogens is 386 g/mol. The Bertz CT molecular complexity index is 759. The molecule has 1 aliphatic rings. The SMILES string of the molecule is CC(C)S(=O)(=O)NCCN1CCC(CNC(=O)c2ccc(C(C)(C)C)cc2)CC1. The number of amides is 1. The summed E-state index contributed by atoms with van der Waals surface area (Å²) in [6.45, 7) is 13.6. The van der Waals surface area contributed by atoms with E-state index in [1.807, 2.05) is 24.3 Å². The smallest absolute Gasteiger partial charge is 0.251 e. The van der Waals surface area contributed by atoms with E-state index in [2.05, 4.69) is 35.7 Å². The summed E-state index contributed by atoms with van der Waals surface area (Å²) in [4.78, 5) is 14.7. The molecule has 0 spiro atoms. The number of benzene rings is 1. The Labute approximate surface area is 176 Å². The average Bonchev–Trinajstić information content (AvgIpc) is 2.66. The molecule has 29 heavy (non-hydrogen) atoms. The van der Waals surface area contributed by atoms with Crippen LogP contribution in [0, 0.1) is 5.92 Å². The van der Waals surface area contributed by atoms with Gasteiger partial charge >= 0.3 is 0 Å². The highest BCUT2D eigenvalue weighted by atomic mass is 32.2. The van der Waals surface area contributed by atoms with Crippen LogP contribution in [-0.4, -0.2) is 57.2 Å². The zero-order chi connectivity index (χ0) is 21.7. The summed E-state index contributed by atoms with van der Waals surface area (Å²) in [6.07, 6.45) is 2.03. The van der Waals surface area contributed by atoms with Crippen molar-refractivity contribution in [1.82, 2.24) is 14.9 Å². The summed E-state index contributed by atoms with van der Waals surface area (Å²) in [6, 6.07) is 7.86.